The Bertz CT molecular complexity index is 999. The average Bonchev–Trinajstić information content (AvgIpc) is 2.82. The summed E-state index contributed by atoms with van der Waals surface area (Å²) >= 11 is 0. The Morgan fingerprint density at radius 1 is 0.938 bits per heavy atom. The van der Waals surface area contributed by atoms with Crippen LogP contribution in [0.4, 0.5) is 5.69 Å². The van der Waals surface area contributed by atoms with E-state index in [2.05, 4.69) is 22.3 Å². The number of nitrogens with one attached hydrogen (secondary N) is 3. The number of amides is 2. The molecule has 1 aliphatic rings. The molecular weight excluding hydrogens is 426 g/mol. The minimum absolute atomic E-state index is 0.0643. The van der Waals surface area contributed by atoms with Crippen molar-refractivity contribution in [3.8, 4) is 0 Å². The third kappa shape index (κ3) is 6.90. The van der Waals surface area contributed by atoms with Crippen molar-refractivity contribution < 1.29 is 18.0 Å². The number of aryl methyl sites for hydroxylation is 1. The Kier molecular flexibility index (Phi) is 8.41. The molecule has 8 heteroatoms. The van der Waals surface area contributed by atoms with Gasteiger partial charge in [-0.05, 0) is 67.9 Å². The van der Waals surface area contributed by atoms with E-state index in [-0.39, 0.29) is 35.1 Å². The van der Waals surface area contributed by atoms with E-state index in [1.807, 2.05) is 24.3 Å². The molecular formula is C24H31N3O4S. The van der Waals surface area contributed by atoms with Crippen LogP contribution in [0, 0.1) is 11.8 Å². The van der Waals surface area contributed by atoms with Gasteiger partial charge in [0.15, 0.2) is 0 Å². The number of sulfonamides is 1. The fraction of sp³-hybridized carbons (Fsp3) is 0.417. The van der Waals surface area contributed by atoms with Crippen LogP contribution in [0.15, 0.2) is 59.5 Å². The zero-order chi connectivity index (χ0) is 23.0. The molecule has 2 amide bonds. The number of hydrogen-bond acceptors (Lipinski definition) is 4. The Morgan fingerprint density at radius 3 is 2.22 bits per heavy atom. The lowest BCUT2D eigenvalue weighted by molar-refractivity contribution is -0.128. The molecule has 0 atom stereocenters. The molecule has 0 bridgehead atoms. The molecule has 2 aromatic carbocycles. The van der Waals surface area contributed by atoms with Crippen molar-refractivity contribution in [1.82, 2.24) is 10.0 Å². The molecule has 3 rings (SSSR count). The molecule has 1 fully saturated rings. The maximum Gasteiger partial charge on any atom is 0.243 e. The van der Waals surface area contributed by atoms with E-state index < -0.39 is 10.0 Å². The minimum Gasteiger partial charge on any atom is -0.347 e. The van der Waals surface area contributed by atoms with Gasteiger partial charge in [0.05, 0.1) is 11.4 Å². The Balaban J connectivity index is 1.37. The molecule has 0 heterocycles. The summed E-state index contributed by atoms with van der Waals surface area (Å²) in [4.78, 5) is 24.8. The van der Waals surface area contributed by atoms with E-state index in [4.69, 9.17) is 0 Å². The molecule has 0 spiro atoms. The number of carbonyl (C=O) groups excluding carboxylic acids is 2. The first-order valence-electron chi connectivity index (χ1n) is 11.1. The maximum atomic E-state index is 12.4. The van der Waals surface area contributed by atoms with E-state index in [0.29, 0.717) is 25.1 Å². The minimum atomic E-state index is -3.51. The smallest absolute Gasteiger partial charge is 0.243 e. The van der Waals surface area contributed by atoms with Crippen LogP contribution >= 0.6 is 0 Å². The Hall–Kier alpha value is -2.71. The molecule has 0 aliphatic heterocycles. The van der Waals surface area contributed by atoms with Crippen molar-refractivity contribution in [3.63, 3.8) is 0 Å². The van der Waals surface area contributed by atoms with Crippen LogP contribution in [-0.2, 0) is 26.0 Å². The van der Waals surface area contributed by atoms with Gasteiger partial charge in [-0.15, -0.1) is 0 Å². The summed E-state index contributed by atoms with van der Waals surface area (Å²) in [7, 11) is -3.51. The van der Waals surface area contributed by atoms with Gasteiger partial charge in [-0.25, -0.2) is 13.1 Å². The summed E-state index contributed by atoms with van der Waals surface area (Å²) in [6, 6.07) is 15.9. The first-order chi connectivity index (χ1) is 15.4. The van der Waals surface area contributed by atoms with Gasteiger partial charge in [-0.3, -0.25) is 9.59 Å². The molecule has 1 aliphatic carbocycles. The first kappa shape index (κ1) is 23.9. The largest absolute Gasteiger partial charge is 0.347 e. The monoisotopic (exact) mass is 457 g/mol. The van der Waals surface area contributed by atoms with Gasteiger partial charge in [0, 0.05) is 18.2 Å². The van der Waals surface area contributed by atoms with Crippen LogP contribution in [0.2, 0.25) is 0 Å². The van der Waals surface area contributed by atoms with E-state index in [9.17, 15) is 18.0 Å². The van der Waals surface area contributed by atoms with Gasteiger partial charge in [0.2, 0.25) is 21.8 Å². The van der Waals surface area contributed by atoms with Crippen LogP contribution in [-0.4, -0.2) is 33.3 Å². The van der Waals surface area contributed by atoms with E-state index in [1.54, 1.807) is 30.3 Å². The van der Waals surface area contributed by atoms with Gasteiger partial charge in [-0.2, -0.15) is 0 Å². The summed E-state index contributed by atoms with van der Waals surface area (Å²) in [5.74, 6) is -0.322. The summed E-state index contributed by atoms with van der Waals surface area (Å²) in [6.45, 7) is 2.37. The lowest BCUT2D eigenvalue weighted by atomic mass is 9.81. The highest BCUT2D eigenvalue weighted by Gasteiger charge is 2.27. The van der Waals surface area contributed by atoms with Crippen molar-refractivity contribution in [2.75, 3.05) is 18.4 Å². The third-order valence-electron chi connectivity index (χ3n) is 5.90. The van der Waals surface area contributed by atoms with E-state index in [1.165, 1.54) is 5.56 Å². The molecule has 0 aromatic heterocycles. The molecule has 7 nitrogen and oxygen atoms in total. The lowest BCUT2D eigenvalue weighted by Gasteiger charge is -2.27. The first-order valence-corrected chi connectivity index (χ1v) is 12.6. The number of rotatable bonds is 9. The second kappa shape index (κ2) is 11.2. The van der Waals surface area contributed by atoms with Crippen molar-refractivity contribution in [3.05, 3.63) is 60.2 Å². The van der Waals surface area contributed by atoms with Crippen molar-refractivity contribution in [2.24, 2.45) is 11.8 Å². The Morgan fingerprint density at radius 2 is 1.59 bits per heavy atom. The molecule has 0 radical (unpaired) electrons. The number of anilines is 1. The molecule has 1 saturated carbocycles. The highest BCUT2D eigenvalue weighted by Crippen LogP contribution is 2.28. The topological polar surface area (TPSA) is 104 Å². The van der Waals surface area contributed by atoms with Crippen LogP contribution in [0.25, 0.3) is 0 Å². The zero-order valence-electron chi connectivity index (χ0n) is 18.3. The van der Waals surface area contributed by atoms with E-state index >= 15 is 0 Å². The molecule has 3 N–H and O–H groups in total. The fourth-order valence-corrected chi connectivity index (χ4v) is 5.02. The van der Waals surface area contributed by atoms with Gasteiger partial charge < -0.3 is 10.6 Å². The average molecular weight is 458 g/mol. The zero-order valence-corrected chi connectivity index (χ0v) is 19.2. The molecule has 0 unspecified atom stereocenters. The summed E-state index contributed by atoms with van der Waals surface area (Å²) in [6.07, 6.45) is 3.84. The second-order valence-corrected chi connectivity index (χ2v) is 9.97. The van der Waals surface area contributed by atoms with Crippen LogP contribution < -0.4 is 15.4 Å². The quantitative estimate of drug-likeness (QED) is 0.538. The van der Waals surface area contributed by atoms with Crippen molar-refractivity contribution >= 4 is 27.5 Å². The summed E-state index contributed by atoms with van der Waals surface area (Å²) in [5.41, 5.74) is 1.90. The molecule has 0 saturated heterocycles. The van der Waals surface area contributed by atoms with Crippen LogP contribution in [0.3, 0.4) is 0 Å². The number of carbonyl (C=O) groups is 2. The van der Waals surface area contributed by atoms with Crippen molar-refractivity contribution in [1.29, 1.82) is 0 Å². The summed E-state index contributed by atoms with van der Waals surface area (Å²) < 4.78 is 27.4. The molecule has 32 heavy (non-hydrogen) atoms. The van der Waals surface area contributed by atoms with Crippen molar-refractivity contribution in [2.45, 2.75) is 43.9 Å². The number of benzene rings is 2. The molecule has 2 aromatic rings. The predicted molar refractivity (Wildman–Crippen MR) is 125 cm³/mol. The number of hydrogen-bond donors (Lipinski definition) is 3. The Labute approximate surface area is 190 Å². The van der Waals surface area contributed by atoms with Crippen LogP contribution in [0.5, 0.6) is 0 Å². The highest BCUT2D eigenvalue weighted by atomic mass is 32.2. The SMILES string of the molecule is CCc1ccc(NC(=O)CNC(=O)C2CCC(CNS(=O)(=O)c3ccccc3)CC2)cc1. The second-order valence-electron chi connectivity index (χ2n) is 8.20. The highest BCUT2D eigenvalue weighted by molar-refractivity contribution is 7.89. The van der Waals surface area contributed by atoms with Gasteiger partial charge >= 0.3 is 0 Å². The van der Waals surface area contributed by atoms with E-state index in [0.717, 1.165) is 19.3 Å². The van der Waals surface area contributed by atoms with Crippen LogP contribution in [0.1, 0.15) is 38.2 Å². The molecule has 172 valence electrons. The fourth-order valence-electron chi connectivity index (χ4n) is 3.88. The van der Waals surface area contributed by atoms with Gasteiger partial charge in [0.25, 0.3) is 0 Å². The normalized spacial score (nSPS) is 18.7. The maximum absolute atomic E-state index is 12.4. The third-order valence-corrected chi connectivity index (χ3v) is 7.34. The van der Waals surface area contributed by atoms with Gasteiger partial charge in [0.1, 0.15) is 0 Å². The standard InChI is InChI=1S/C24H31N3O4S/c1-2-18-10-14-21(15-11-18)27-23(28)17-25-24(29)20-12-8-19(9-13-20)16-26-32(30,31)22-6-4-3-5-7-22/h3-7,10-11,14-15,19-20,26H,2,8-9,12-13,16-17H2,1H3,(H,25,29)(H,27,28). The van der Waals surface area contributed by atoms with Gasteiger partial charge in [-0.1, -0.05) is 37.3 Å². The predicted octanol–water partition coefficient (Wildman–Crippen LogP) is 3.09. The summed E-state index contributed by atoms with van der Waals surface area (Å²) in [5, 5.41) is 5.51. The lowest BCUT2D eigenvalue weighted by Crippen LogP contribution is -2.39.